The third-order valence-electron chi connectivity index (χ3n) is 2.08. The van der Waals surface area contributed by atoms with E-state index < -0.39 is 0 Å². The quantitative estimate of drug-likeness (QED) is 0.736. The first kappa shape index (κ1) is 12.7. The predicted octanol–water partition coefficient (Wildman–Crippen LogP) is 3.16. The Kier molecular flexibility index (Phi) is 3.68. The van der Waals surface area contributed by atoms with Crippen LogP contribution in [0.4, 0.5) is 0 Å². The van der Waals surface area contributed by atoms with Crippen LogP contribution in [0.2, 0.25) is 0 Å². The molecule has 1 aromatic rings. The third-order valence-corrected chi connectivity index (χ3v) is 2.08. The lowest BCUT2D eigenvalue weighted by Gasteiger charge is -2.21. The number of pyridine rings is 1. The Labute approximate surface area is 96.8 Å². The monoisotopic (exact) mass is 221 g/mol. The maximum Gasteiger partial charge on any atom is 0.216 e. The molecule has 0 amide bonds. The average Bonchev–Trinajstić information content (AvgIpc) is 2.18. The van der Waals surface area contributed by atoms with E-state index in [1.165, 1.54) is 0 Å². The van der Waals surface area contributed by atoms with Gasteiger partial charge in [-0.1, -0.05) is 6.92 Å². The van der Waals surface area contributed by atoms with Gasteiger partial charge in [-0.2, -0.15) is 0 Å². The molecule has 0 aliphatic heterocycles. The molecule has 88 valence electrons. The molecule has 0 spiro atoms. The summed E-state index contributed by atoms with van der Waals surface area (Å²) in [6, 6.07) is 1.83. The number of carbonyl (C=O) groups is 1. The third kappa shape index (κ3) is 3.33. The van der Waals surface area contributed by atoms with E-state index in [4.69, 9.17) is 4.74 Å². The number of ether oxygens (including phenoxy) is 1. The molecular formula is C13H19NO2. The average molecular weight is 221 g/mol. The molecular weight excluding hydrogens is 202 g/mol. The molecule has 0 atom stereocenters. The molecule has 0 saturated heterocycles. The van der Waals surface area contributed by atoms with Gasteiger partial charge in [0, 0.05) is 23.7 Å². The first-order chi connectivity index (χ1) is 7.33. The van der Waals surface area contributed by atoms with E-state index in [1.54, 1.807) is 6.20 Å². The Balaban J connectivity index is 2.96. The molecule has 1 aromatic heterocycles. The molecule has 0 bridgehead atoms. The fourth-order valence-corrected chi connectivity index (χ4v) is 1.32. The number of Topliss-reactive ketones (excluding diaryl/α,β-unsaturated/α-hetero) is 1. The van der Waals surface area contributed by atoms with Crippen molar-refractivity contribution in [1.82, 2.24) is 4.98 Å². The van der Waals surface area contributed by atoms with Gasteiger partial charge < -0.3 is 4.74 Å². The minimum Gasteiger partial charge on any atom is -0.472 e. The maximum absolute atomic E-state index is 11.5. The summed E-state index contributed by atoms with van der Waals surface area (Å²) in [5.74, 6) is 0.707. The van der Waals surface area contributed by atoms with Crippen LogP contribution in [0.1, 0.15) is 50.0 Å². The van der Waals surface area contributed by atoms with Gasteiger partial charge in [-0.3, -0.25) is 4.79 Å². The van der Waals surface area contributed by atoms with Crippen molar-refractivity contribution in [1.29, 1.82) is 0 Å². The van der Waals surface area contributed by atoms with E-state index in [0.717, 1.165) is 5.56 Å². The van der Waals surface area contributed by atoms with Gasteiger partial charge in [0.25, 0.3) is 0 Å². The highest BCUT2D eigenvalue weighted by atomic mass is 16.5. The van der Waals surface area contributed by atoms with Crippen molar-refractivity contribution in [2.24, 2.45) is 0 Å². The van der Waals surface area contributed by atoms with Crippen molar-refractivity contribution < 1.29 is 9.53 Å². The van der Waals surface area contributed by atoms with Gasteiger partial charge in [0.1, 0.15) is 5.60 Å². The molecule has 1 rings (SSSR count). The predicted molar refractivity (Wildman–Crippen MR) is 64.0 cm³/mol. The minimum absolute atomic E-state index is 0.109. The number of rotatable bonds is 3. The van der Waals surface area contributed by atoms with E-state index in [9.17, 15) is 4.79 Å². The smallest absolute Gasteiger partial charge is 0.216 e. The molecule has 0 unspecified atom stereocenters. The molecule has 1 heterocycles. The molecule has 0 radical (unpaired) electrons. The molecule has 0 N–H and O–H groups in total. The molecule has 0 saturated carbocycles. The zero-order valence-corrected chi connectivity index (χ0v) is 10.6. The lowest BCUT2D eigenvalue weighted by atomic mass is 10.1. The van der Waals surface area contributed by atoms with Crippen molar-refractivity contribution in [2.75, 3.05) is 0 Å². The highest BCUT2D eigenvalue weighted by Gasteiger charge is 2.15. The van der Waals surface area contributed by atoms with Crippen molar-refractivity contribution in [3.05, 3.63) is 23.4 Å². The summed E-state index contributed by atoms with van der Waals surface area (Å²) < 4.78 is 5.68. The second-order valence-corrected chi connectivity index (χ2v) is 4.84. The van der Waals surface area contributed by atoms with Crippen molar-refractivity contribution >= 4 is 5.78 Å². The van der Waals surface area contributed by atoms with Crippen molar-refractivity contribution in [3.63, 3.8) is 0 Å². The number of hydrogen-bond acceptors (Lipinski definition) is 3. The van der Waals surface area contributed by atoms with Gasteiger partial charge in [-0.05, 0) is 33.8 Å². The van der Waals surface area contributed by atoms with Crippen LogP contribution >= 0.6 is 0 Å². The largest absolute Gasteiger partial charge is 0.472 e. The van der Waals surface area contributed by atoms with Gasteiger partial charge in [-0.15, -0.1) is 0 Å². The van der Waals surface area contributed by atoms with Gasteiger partial charge in [0.15, 0.2) is 5.78 Å². The summed E-state index contributed by atoms with van der Waals surface area (Å²) in [5.41, 5.74) is 1.28. The van der Waals surface area contributed by atoms with Gasteiger partial charge >= 0.3 is 0 Å². The Morgan fingerprint density at radius 2 is 2.06 bits per heavy atom. The second kappa shape index (κ2) is 4.64. The number of aryl methyl sites for hydroxylation is 1. The second-order valence-electron chi connectivity index (χ2n) is 4.84. The first-order valence-corrected chi connectivity index (χ1v) is 5.52. The Morgan fingerprint density at radius 3 is 2.50 bits per heavy atom. The van der Waals surface area contributed by atoms with E-state index >= 15 is 0 Å². The highest BCUT2D eigenvalue weighted by molar-refractivity contribution is 5.95. The molecule has 0 aromatic carbocycles. The summed E-state index contributed by atoms with van der Waals surface area (Å²) >= 11 is 0. The zero-order valence-electron chi connectivity index (χ0n) is 10.6. The Morgan fingerprint density at radius 1 is 1.44 bits per heavy atom. The first-order valence-electron chi connectivity index (χ1n) is 5.52. The van der Waals surface area contributed by atoms with Crippen LogP contribution in [0.3, 0.4) is 0 Å². The van der Waals surface area contributed by atoms with Crippen LogP contribution in [0.5, 0.6) is 5.88 Å². The topological polar surface area (TPSA) is 39.2 Å². The zero-order chi connectivity index (χ0) is 12.3. The van der Waals surface area contributed by atoms with Crippen LogP contribution < -0.4 is 4.74 Å². The summed E-state index contributed by atoms with van der Waals surface area (Å²) in [6.07, 6.45) is 2.08. The number of nitrogens with zero attached hydrogens (tertiary/aromatic N) is 1. The summed E-state index contributed by atoms with van der Waals surface area (Å²) in [4.78, 5) is 15.7. The molecule has 16 heavy (non-hydrogen) atoms. The Hall–Kier alpha value is -1.38. The molecule has 3 nitrogen and oxygen atoms in total. The van der Waals surface area contributed by atoms with Crippen LogP contribution in [0.15, 0.2) is 12.3 Å². The van der Waals surface area contributed by atoms with Crippen LogP contribution in [-0.2, 0) is 0 Å². The van der Waals surface area contributed by atoms with Gasteiger partial charge in [-0.25, -0.2) is 4.98 Å². The Bertz CT molecular complexity index is 391. The van der Waals surface area contributed by atoms with Gasteiger partial charge in [0.2, 0.25) is 5.88 Å². The molecule has 3 heteroatoms. The minimum atomic E-state index is -0.270. The number of hydrogen-bond donors (Lipinski definition) is 0. The number of aromatic nitrogens is 1. The molecule has 0 aliphatic rings. The fourth-order valence-electron chi connectivity index (χ4n) is 1.32. The molecule has 0 fully saturated rings. The summed E-state index contributed by atoms with van der Waals surface area (Å²) in [5, 5.41) is 0. The van der Waals surface area contributed by atoms with Crippen molar-refractivity contribution in [2.45, 2.75) is 46.6 Å². The van der Waals surface area contributed by atoms with Crippen LogP contribution in [-0.4, -0.2) is 16.4 Å². The lowest BCUT2D eigenvalue weighted by molar-refractivity contribution is 0.0987. The van der Waals surface area contributed by atoms with Crippen molar-refractivity contribution in [3.8, 4) is 5.88 Å². The fraction of sp³-hybridized carbons (Fsp3) is 0.538. The lowest BCUT2D eigenvalue weighted by Crippen LogP contribution is -2.24. The maximum atomic E-state index is 11.5. The standard InChI is InChI=1S/C13H19NO2/c1-6-11(15)10-7-9(2)12(14-8-10)16-13(3,4)5/h7-8H,6H2,1-5H3. The number of ketones is 1. The van der Waals surface area contributed by atoms with Crippen LogP contribution in [0, 0.1) is 6.92 Å². The highest BCUT2D eigenvalue weighted by Crippen LogP contribution is 2.21. The number of carbonyl (C=O) groups excluding carboxylic acids is 1. The van der Waals surface area contributed by atoms with E-state index in [-0.39, 0.29) is 11.4 Å². The van der Waals surface area contributed by atoms with E-state index in [0.29, 0.717) is 17.9 Å². The van der Waals surface area contributed by atoms with E-state index in [2.05, 4.69) is 4.98 Å². The SMILES string of the molecule is CCC(=O)c1cnc(OC(C)(C)C)c(C)c1. The van der Waals surface area contributed by atoms with E-state index in [1.807, 2.05) is 40.7 Å². The van der Waals surface area contributed by atoms with Crippen LogP contribution in [0.25, 0.3) is 0 Å². The summed E-state index contributed by atoms with van der Waals surface area (Å²) in [6.45, 7) is 9.66. The van der Waals surface area contributed by atoms with Gasteiger partial charge in [0.05, 0.1) is 0 Å². The summed E-state index contributed by atoms with van der Waals surface area (Å²) in [7, 11) is 0. The molecule has 0 aliphatic carbocycles. The normalized spacial score (nSPS) is 11.3.